The van der Waals surface area contributed by atoms with Crippen molar-refractivity contribution < 1.29 is 14.8 Å². The number of ketones is 1. The molecule has 1 aromatic heterocycles. The minimum Gasteiger partial charge on any atom is -0.426 e. The van der Waals surface area contributed by atoms with Crippen LogP contribution in [0.1, 0.15) is 22.8 Å². The van der Waals surface area contributed by atoms with E-state index in [1.807, 2.05) is 12.1 Å². The molecule has 2 N–H and O–H groups in total. The first-order chi connectivity index (χ1) is 14.9. The number of hydrogen-bond donors (Lipinski definition) is 2. The lowest BCUT2D eigenvalue weighted by Gasteiger charge is -2.05. The molecular formula is C24H18BrN3O3. The number of carbonyl (C=O) groups is 2. The quantitative estimate of drug-likeness (QED) is 0.225. The van der Waals surface area contributed by atoms with Crippen molar-refractivity contribution in [3.05, 3.63) is 88.4 Å². The highest BCUT2D eigenvalue weighted by atomic mass is 79.9. The standard InChI is InChI=1S/C24H18BrN3O3/c1-15(29)17-5-2-16(3-6-17)4-13-23(30)26-20-10-7-18(8-11-20)24-27-21-12-9-19(25)14-22(21)28(24)31/h2-14,31H,1H3,(H,26,30)/b13-4+. The van der Waals surface area contributed by atoms with Crippen LogP contribution in [-0.4, -0.2) is 26.6 Å². The van der Waals surface area contributed by atoms with Gasteiger partial charge in [0, 0.05) is 27.4 Å². The summed E-state index contributed by atoms with van der Waals surface area (Å²) < 4.78 is 1.90. The van der Waals surface area contributed by atoms with E-state index in [1.54, 1.807) is 60.7 Å². The van der Waals surface area contributed by atoms with Crippen molar-refractivity contribution in [2.45, 2.75) is 6.92 Å². The minimum atomic E-state index is -0.275. The number of carbonyl (C=O) groups excluding carboxylic acids is 2. The number of benzene rings is 3. The first-order valence-electron chi connectivity index (χ1n) is 9.48. The van der Waals surface area contributed by atoms with Gasteiger partial charge in [0.1, 0.15) is 5.52 Å². The van der Waals surface area contributed by atoms with E-state index in [2.05, 4.69) is 26.2 Å². The van der Waals surface area contributed by atoms with Crippen LogP contribution in [0, 0.1) is 0 Å². The van der Waals surface area contributed by atoms with Gasteiger partial charge in [-0.3, -0.25) is 9.59 Å². The smallest absolute Gasteiger partial charge is 0.248 e. The van der Waals surface area contributed by atoms with Crippen LogP contribution in [-0.2, 0) is 4.79 Å². The van der Waals surface area contributed by atoms with Gasteiger partial charge in [0.15, 0.2) is 11.6 Å². The van der Waals surface area contributed by atoms with Crippen LogP contribution in [0.3, 0.4) is 0 Å². The molecule has 0 aliphatic carbocycles. The van der Waals surface area contributed by atoms with Crippen LogP contribution in [0.25, 0.3) is 28.5 Å². The lowest BCUT2D eigenvalue weighted by Crippen LogP contribution is -2.07. The Kier molecular flexibility index (Phi) is 5.68. The molecule has 4 aromatic rings. The van der Waals surface area contributed by atoms with E-state index in [0.29, 0.717) is 33.7 Å². The summed E-state index contributed by atoms with van der Waals surface area (Å²) >= 11 is 3.39. The highest BCUT2D eigenvalue weighted by Gasteiger charge is 2.12. The second-order valence-corrected chi connectivity index (χ2v) is 7.87. The lowest BCUT2D eigenvalue weighted by atomic mass is 10.1. The zero-order chi connectivity index (χ0) is 22.0. The first kappa shape index (κ1) is 20.6. The molecule has 0 bridgehead atoms. The van der Waals surface area contributed by atoms with Crippen molar-refractivity contribution in [2.24, 2.45) is 0 Å². The van der Waals surface area contributed by atoms with E-state index in [-0.39, 0.29) is 11.7 Å². The van der Waals surface area contributed by atoms with Crippen molar-refractivity contribution >= 4 is 50.4 Å². The Hall–Kier alpha value is -3.71. The SMILES string of the molecule is CC(=O)c1ccc(/C=C/C(=O)Nc2ccc(-c3nc4ccc(Br)cc4n3O)cc2)cc1. The average molecular weight is 476 g/mol. The second kappa shape index (κ2) is 8.57. The number of nitrogens with one attached hydrogen (secondary N) is 1. The number of halogens is 1. The summed E-state index contributed by atoms with van der Waals surface area (Å²) in [5.41, 5.74) is 4.07. The lowest BCUT2D eigenvalue weighted by molar-refractivity contribution is -0.111. The highest BCUT2D eigenvalue weighted by molar-refractivity contribution is 9.10. The Balaban J connectivity index is 1.45. The third-order valence-corrected chi connectivity index (χ3v) is 5.24. The van der Waals surface area contributed by atoms with E-state index >= 15 is 0 Å². The summed E-state index contributed by atoms with van der Waals surface area (Å²) in [7, 11) is 0. The van der Waals surface area contributed by atoms with Gasteiger partial charge in [-0.05, 0) is 61.0 Å². The molecule has 0 aliphatic heterocycles. The van der Waals surface area contributed by atoms with Crippen LogP contribution in [0.5, 0.6) is 0 Å². The third-order valence-electron chi connectivity index (χ3n) is 4.75. The van der Waals surface area contributed by atoms with Crippen molar-refractivity contribution in [1.82, 2.24) is 9.71 Å². The minimum absolute atomic E-state index is 0.00126. The van der Waals surface area contributed by atoms with Gasteiger partial charge in [-0.15, -0.1) is 0 Å². The van der Waals surface area contributed by atoms with Crippen LogP contribution in [0.2, 0.25) is 0 Å². The molecule has 0 saturated carbocycles. The number of imidazole rings is 1. The van der Waals surface area contributed by atoms with Crippen molar-refractivity contribution in [3.63, 3.8) is 0 Å². The van der Waals surface area contributed by atoms with E-state index in [1.165, 1.54) is 13.0 Å². The molecule has 0 spiro atoms. The van der Waals surface area contributed by atoms with Crippen LogP contribution in [0.4, 0.5) is 5.69 Å². The molecule has 3 aromatic carbocycles. The molecule has 4 rings (SSSR count). The largest absolute Gasteiger partial charge is 0.426 e. The van der Waals surface area contributed by atoms with E-state index < -0.39 is 0 Å². The van der Waals surface area contributed by atoms with E-state index in [9.17, 15) is 14.8 Å². The van der Waals surface area contributed by atoms with E-state index in [0.717, 1.165) is 14.8 Å². The Morgan fingerprint density at radius 2 is 1.74 bits per heavy atom. The third kappa shape index (κ3) is 4.57. The summed E-state index contributed by atoms with van der Waals surface area (Å²) in [6.45, 7) is 1.51. The summed E-state index contributed by atoms with van der Waals surface area (Å²) in [5.74, 6) is 0.142. The molecule has 1 amide bonds. The maximum absolute atomic E-state index is 12.2. The fourth-order valence-electron chi connectivity index (χ4n) is 3.11. The van der Waals surface area contributed by atoms with Gasteiger partial charge in [-0.2, -0.15) is 4.73 Å². The van der Waals surface area contributed by atoms with Gasteiger partial charge in [0.05, 0.1) is 5.52 Å². The number of hydrogen-bond acceptors (Lipinski definition) is 4. The second-order valence-electron chi connectivity index (χ2n) is 6.96. The summed E-state index contributed by atoms with van der Waals surface area (Å²) in [6.07, 6.45) is 3.11. The van der Waals surface area contributed by atoms with Crippen molar-refractivity contribution in [3.8, 4) is 11.4 Å². The fraction of sp³-hybridized carbons (Fsp3) is 0.0417. The Morgan fingerprint density at radius 1 is 1.03 bits per heavy atom. The number of amides is 1. The van der Waals surface area contributed by atoms with Gasteiger partial charge in [0.2, 0.25) is 5.91 Å². The zero-order valence-corrected chi connectivity index (χ0v) is 18.1. The molecule has 6 nitrogen and oxygen atoms in total. The maximum Gasteiger partial charge on any atom is 0.248 e. The number of anilines is 1. The molecule has 0 radical (unpaired) electrons. The molecule has 0 atom stereocenters. The molecule has 31 heavy (non-hydrogen) atoms. The van der Waals surface area contributed by atoms with Crippen molar-refractivity contribution in [1.29, 1.82) is 0 Å². The monoisotopic (exact) mass is 475 g/mol. The zero-order valence-electron chi connectivity index (χ0n) is 16.5. The van der Waals surface area contributed by atoms with Gasteiger partial charge in [-0.1, -0.05) is 40.2 Å². The van der Waals surface area contributed by atoms with Crippen LogP contribution in [0.15, 0.2) is 77.3 Å². The average Bonchev–Trinajstić information content (AvgIpc) is 3.09. The van der Waals surface area contributed by atoms with Gasteiger partial charge in [0.25, 0.3) is 0 Å². The topological polar surface area (TPSA) is 84.2 Å². The highest BCUT2D eigenvalue weighted by Crippen LogP contribution is 2.26. The maximum atomic E-state index is 12.2. The predicted octanol–water partition coefficient (Wildman–Crippen LogP) is 5.56. The van der Waals surface area contributed by atoms with Crippen LogP contribution < -0.4 is 5.32 Å². The first-order valence-corrected chi connectivity index (χ1v) is 10.3. The van der Waals surface area contributed by atoms with Gasteiger partial charge in [-0.25, -0.2) is 4.98 Å². The summed E-state index contributed by atoms with van der Waals surface area (Å²) in [5, 5.41) is 13.2. The number of nitrogens with zero attached hydrogens (tertiary/aromatic N) is 2. The molecular weight excluding hydrogens is 458 g/mol. The summed E-state index contributed by atoms with van der Waals surface area (Å²) in [4.78, 5) is 28.0. The van der Waals surface area contributed by atoms with Gasteiger partial charge >= 0.3 is 0 Å². The number of fused-ring (bicyclic) bond motifs is 1. The molecule has 154 valence electrons. The van der Waals surface area contributed by atoms with Crippen molar-refractivity contribution in [2.75, 3.05) is 5.32 Å². The van der Waals surface area contributed by atoms with E-state index in [4.69, 9.17) is 0 Å². The number of aromatic nitrogens is 2. The van der Waals surface area contributed by atoms with Crippen LogP contribution >= 0.6 is 15.9 Å². The number of Topliss-reactive ketones (excluding diaryl/α,β-unsaturated/α-hetero) is 1. The molecule has 0 unspecified atom stereocenters. The summed E-state index contributed by atoms with van der Waals surface area (Å²) in [6, 6.07) is 19.6. The van der Waals surface area contributed by atoms with Gasteiger partial charge < -0.3 is 10.5 Å². The molecule has 0 saturated heterocycles. The molecule has 0 fully saturated rings. The molecule has 7 heteroatoms. The fourth-order valence-corrected chi connectivity index (χ4v) is 3.46. The molecule has 0 aliphatic rings. The normalized spacial score (nSPS) is 11.2. The predicted molar refractivity (Wildman–Crippen MR) is 124 cm³/mol. The molecule has 1 heterocycles. The Morgan fingerprint density at radius 3 is 2.42 bits per heavy atom. The Bertz CT molecular complexity index is 1310. The Labute approximate surface area is 186 Å². The number of rotatable bonds is 5.